The Labute approximate surface area is 137 Å². The average Bonchev–Trinajstić information content (AvgIpc) is 2.70. The van der Waals surface area contributed by atoms with Gasteiger partial charge in [-0.05, 0) is 37.2 Å². The highest BCUT2D eigenvalue weighted by Gasteiger charge is 2.16. The van der Waals surface area contributed by atoms with Gasteiger partial charge in [-0.1, -0.05) is 12.1 Å². The Kier molecular flexibility index (Phi) is 6.15. The van der Waals surface area contributed by atoms with Crippen LogP contribution in [-0.2, 0) is 21.2 Å². The van der Waals surface area contributed by atoms with Gasteiger partial charge in [0.1, 0.15) is 0 Å². The molecule has 7 heteroatoms. The van der Waals surface area contributed by atoms with Crippen LogP contribution in [0.25, 0.3) is 0 Å². The van der Waals surface area contributed by atoms with Crippen LogP contribution < -0.4 is 0 Å². The Morgan fingerprint density at radius 1 is 1.09 bits per heavy atom. The number of carboxylic acid groups (broad SMARTS) is 1. The van der Waals surface area contributed by atoms with Crippen molar-refractivity contribution in [2.45, 2.75) is 24.3 Å². The fourth-order valence-electron chi connectivity index (χ4n) is 2.76. The van der Waals surface area contributed by atoms with E-state index in [-0.39, 0.29) is 6.42 Å². The maximum atomic E-state index is 11.5. The van der Waals surface area contributed by atoms with Crippen LogP contribution in [-0.4, -0.2) is 68.3 Å². The van der Waals surface area contributed by atoms with Gasteiger partial charge in [-0.2, -0.15) is 0 Å². The smallest absolute Gasteiger partial charge is 0.304 e. The van der Waals surface area contributed by atoms with Crippen molar-refractivity contribution >= 4 is 15.8 Å². The summed E-state index contributed by atoms with van der Waals surface area (Å²) in [6, 6.07) is 7.04. The highest BCUT2D eigenvalue weighted by atomic mass is 32.2. The lowest BCUT2D eigenvalue weighted by atomic mass is 10.2. The van der Waals surface area contributed by atoms with Gasteiger partial charge in [0, 0.05) is 32.4 Å². The van der Waals surface area contributed by atoms with Gasteiger partial charge in [0.25, 0.3) is 0 Å². The summed E-state index contributed by atoms with van der Waals surface area (Å²) in [5.41, 5.74) is 1.09. The maximum absolute atomic E-state index is 11.5. The van der Waals surface area contributed by atoms with Crippen molar-refractivity contribution in [2.75, 3.05) is 39.0 Å². The highest BCUT2D eigenvalue weighted by Crippen LogP contribution is 2.13. The molecule has 0 atom stereocenters. The molecule has 1 aromatic rings. The monoisotopic (exact) mass is 340 g/mol. The van der Waals surface area contributed by atoms with E-state index in [1.54, 1.807) is 12.1 Å². The first-order valence-electron chi connectivity index (χ1n) is 7.80. The fourth-order valence-corrected chi connectivity index (χ4v) is 3.39. The van der Waals surface area contributed by atoms with Crippen LogP contribution in [0.1, 0.15) is 18.4 Å². The summed E-state index contributed by atoms with van der Waals surface area (Å²) < 4.78 is 22.9. The molecule has 1 aliphatic rings. The number of carbonyl (C=O) groups is 1. The minimum absolute atomic E-state index is 0.187. The van der Waals surface area contributed by atoms with Crippen LogP contribution in [0.2, 0.25) is 0 Å². The van der Waals surface area contributed by atoms with Gasteiger partial charge in [-0.3, -0.25) is 9.69 Å². The van der Waals surface area contributed by atoms with Crippen molar-refractivity contribution in [3.8, 4) is 0 Å². The van der Waals surface area contributed by atoms with Crippen LogP contribution in [0.15, 0.2) is 29.2 Å². The van der Waals surface area contributed by atoms with Gasteiger partial charge in [-0.15, -0.1) is 0 Å². The van der Waals surface area contributed by atoms with Gasteiger partial charge in [0.05, 0.1) is 11.3 Å². The van der Waals surface area contributed by atoms with Gasteiger partial charge in [-0.25, -0.2) is 8.42 Å². The van der Waals surface area contributed by atoms with Gasteiger partial charge in [0.15, 0.2) is 9.84 Å². The molecular weight excluding hydrogens is 316 g/mol. The maximum Gasteiger partial charge on any atom is 0.304 e. The molecule has 1 saturated heterocycles. The predicted octanol–water partition coefficient (Wildman–Crippen LogP) is 1.07. The minimum Gasteiger partial charge on any atom is -0.481 e. The fraction of sp³-hybridized carbons (Fsp3) is 0.562. The zero-order chi connectivity index (χ0) is 16.9. The number of rotatable bonds is 6. The van der Waals surface area contributed by atoms with Crippen molar-refractivity contribution in [1.82, 2.24) is 9.80 Å². The summed E-state index contributed by atoms with van der Waals surface area (Å²) in [5.74, 6) is -0.753. The zero-order valence-corrected chi connectivity index (χ0v) is 14.3. The van der Waals surface area contributed by atoms with E-state index in [0.717, 1.165) is 44.7 Å². The summed E-state index contributed by atoms with van der Waals surface area (Å²) in [6.07, 6.45) is 2.41. The third kappa shape index (κ3) is 5.93. The van der Waals surface area contributed by atoms with Crippen LogP contribution in [0.3, 0.4) is 0 Å². The summed E-state index contributed by atoms with van der Waals surface area (Å²) in [6.45, 7) is 5.05. The van der Waals surface area contributed by atoms with E-state index >= 15 is 0 Å². The third-order valence-corrected chi connectivity index (χ3v) is 5.21. The van der Waals surface area contributed by atoms with Gasteiger partial charge < -0.3 is 10.0 Å². The van der Waals surface area contributed by atoms with Crippen molar-refractivity contribution in [3.05, 3.63) is 29.8 Å². The van der Waals surface area contributed by atoms with E-state index in [4.69, 9.17) is 5.11 Å². The molecule has 0 spiro atoms. The number of hydrogen-bond donors (Lipinski definition) is 1. The first kappa shape index (κ1) is 17.9. The number of sulfone groups is 1. The van der Waals surface area contributed by atoms with E-state index in [1.165, 1.54) is 6.26 Å². The summed E-state index contributed by atoms with van der Waals surface area (Å²) >= 11 is 0. The first-order chi connectivity index (χ1) is 10.8. The second-order valence-electron chi connectivity index (χ2n) is 6.03. The lowest BCUT2D eigenvalue weighted by Crippen LogP contribution is -2.31. The number of hydrogen-bond acceptors (Lipinski definition) is 5. The standard InChI is InChI=1S/C16H24N2O4S/c1-23(21,22)15-5-3-14(4-6-15)13-18-9-2-8-17(11-12-18)10-7-16(19)20/h3-6H,2,7-13H2,1H3,(H,19,20). The van der Waals surface area contributed by atoms with Crippen molar-refractivity contribution in [2.24, 2.45) is 0 Å². The lowest BCUT2D eigenvalue weighted by Gasteiger charge is -2.21. The third-order valence-electron chi connectivity index (χ3n) is 4.08. The zero-order valence-electron chi connectivity index (χ0n) is 13.4. The van der Waals surface area contributed by atoms with Crippen molar-refractivity contribution < 1.29 is 18.3 Å². The molecule has 23 heavy (non-hydrogen) atoms. The van der Waals surface area contributed by atoms with E-state index in [2.05, 4.69) is 9.80 Å². The molecule has 0 unspecified atom stereocenters. The Bertz CT molecular complexity index is 628. The molecule has 1 aromatic carbocycles. The summed E-state index contributed by atoms with van der Waals surface area (Å²) in [7, 11) is -3.15. The SMILES string of the molecule is CS(=O)(=O)c1ccc(CN2CCCN(CCC(=O)O)CC2)cc1. The Hall–Kier alpha value is -1.44. The first-order valence-corrected chi connectivity index (χ1v) is 9.69. The Balaban J connectivity index is 1.87. The van der Waals surface area contributed by atoms with Crippen LogP contribution in [0, 0.1) is 0 Å². The van der Waals surface area contributed by atoms with Crippen LogP contribution >= 0.6 is 0 Å². The molecule has 6 nitrogen and oxygen atoms in total. The second-order valence-corrected chi connectivity index (χ2v) is 8.05. The van der Waals surface area contributed by atoms with Crippen LogP contribution in [0.5, 0.6) is 0 Å². The molecule has 2 rings (SSSR count). The molecular formula is C16H24N2O4S. The summed E-state index contributed by atoms with van der Waals surface area (Å²) in [4.78, 5) is 15.5. The molecule has 0 bridgehead atoms. The predicted molar refractivity (Wildman–Crippen MR) is 88.1 cm³/mol. The summed E-state index contributed by atoms with van der Waals surface area (Å²) in [5, 5.41) is 8.76. The molecule has 0 amide bonds. The van der Waals surface area contributed by atoms with E-state index in [0.29, 0.717) is 11.4 Å². The van der Waals surface area contributed by atoms with Gasteiger partial charge in [0.2, 0.25) is 0 Å². The topological polar surface area (TPSA) is 77.9 Å². The second kappa shape index (κ2) is 7.90. The minimum atomic E-state index is -3.15. The normalized spacial score (nSPS) is 17.8. The number of aliphatic carboxylic acids is 1. The molecule has 1 fully saturated rings. The molecule has 1 aliphatic heterocycles. The Morgan fingerprint density at radius 2 is 1.70 bits per heavy atom. The number of benzene rings is 1. The largest absolute Gasteiger partial charge is 0.481 e. The molecule has 0 aliphatic carbocycles. The molecule has 0 radical (unpaired) electrons. The molecule has 128 valence electrons. The Morgan fingerprint density at radius 3 is 2.30 bits per heavy atom. The average molecular weight is 340 g/mol. The number of nitrogens with zero attached hydrogens (tertiary/aromatic N) is 2. The van der Waals surface area contributed by atoms with Crippen molar-refractivity contribution in [3.63, 3.8) is 0 Å². The van der Waals surface area contributed by atoms with E-state index < -0.39 is 15.8 Å². The molecule has 1 N–H and O–H groups in total. The van der Waals surface area contributed by atoms with E-state index in [9.17, 15) is 13.2 Å². The molecule has 0 aromatic heterocycles. The van der Waals surface area contributed by atoms with Crippen LogP contribution in [0.4, 0.5) is 0 Å². The van der Waals surface area contributed by atoms with Gasteiger partial charge >= 0.3 is 5.97 Å². The van der Waals surface area contributed by atoms with E-state index in [1.807, 2.05) is 12.1 Å². The molecule has 0 saturated carbocycles. The molecule has 1 heterocycles. The highest BCUT2D eigenvalue weighted by molar-refractivity contribution is 7.90. The number of carboxylic acids is 1. The quantitative estimate of drug-likeness (QED) is 0.835. The lowest BCUT2D eigenvalue weighted by molar-refractivity contribution is -0.137. The van der Waals surface area contributed by atoms with Crippen molar-refractivity contribution in [1.29, 1.82) is 0 Å².